The van der Waals surface area contributed by atoms with Crippen LogP contribution in [0.4, 0.5) is 0 Å². The van der Waals surface area contributed by atoms with Crippen LogP contribution in [0.25, 0.3) is 56.0 Å². The summed E-state index contributed by atoms with van der Waals surface area (Å²) in [5.74, 6) is 1.13. The van der Waals surface area contributed by atoms with Crippen LogP contribution in [-0.4, -0.2) is 19.1 Å². The largest absolute Gasteiger partial charge is 0.307 e. The molecule has 0 amide bonds. The van der Waals surface area contributed by atoms with Crippen molar-refractivity contribution in [2.75, 3.05) is 0 Å². The van der Waals surface area contributed by atoms with Gasteiger partial charge in [-0.3, -0.25) is 4.57 Å². The summed E-state index contributed by atoms with van der Waals surface area (Å²) in [5, 5.41) is 3.72. The van der Waals surface area contributed by atoms with Gasteiger partial charge in [-0.15, -0.1) is 6.58 Å². The number of allylic oxidation sites excluding steroid dienone is 10. The lowest BCUT2D eigenvalue weighted by molar-refractivity contribution is 0.845. The van der Waals surface area contributed by atoms with Gasteiger partial charge in [0, 0.05) is 51.1 Å². The van der Waals surface area contributed by atoms with Gasteiger partial charge in [0.2, 0.25) is 5.95 Å². The topological polar surface area (TPSA) is 35.6 Å². The van der Waals surface area contributed by atoms with Crippen LogP contribution < -0.4 is 0 Å². The summed E-state index contributed by atoms with van der Waals surface area (Å²) >= 11 is 0. The van der Waals surface area contributed by atoms with Crippen molar-refractivity contribution in [2.24, 2.45) is 5.92 Å². The number of benzene rings is 3. The molecule has 0 saturated carbocycles. The highest BCUT2D eigenvalue weighted by Crippen LogP contribution is 2.41. The summed E-state index contributed by atoms with van der Waals surface area (Å²) in [6, 6.07) is 23.9. The Morgan fingerprint density at radius 3 is 2.12 bits per heavy atom. The molecule has 0 aliphatic heterocycles. The number of hydrogen-bond donors (Lipinski definition) is 0. The van der Waals surface area contributed by atoms with Crippen molar-refractivity contribution < 1.29 is 0 Å². The van der Waals surface area contributed by atoms with Gasteiger partial charge in [0.1, 0.15) is 0 Å². The number of nitrogens with zero attached hydrogens (tertiary/aromatic N) is 4. The number of hydrogen-bond acceptors (Lipinski definition) is 2. The molecular formula is C45H48N4. The van der Waals surface area contributed by atoms with E-state index in [-0.39, 0.29) is 0 Å². The molecule has 1 unspecified atom stereocenters. The molecule has 0 saturated heterocycles. The quantitative estimate of drug-likeness (QED) is 0.180. The van der Waals surface area contributed by atoms with Crippen molar-refractivity contribution in [3.05, 3.63) is 157 Å². The van der Waals surface area contributed by atoms with E-state index in [0.29, 0.717) is 11.9 Å². The number of rotatable bonds is 3. The monoisotopic (exact) mass is 644 g/mol. The minimum absolute atomic E-state index is 0.415. The second-order valence-electron chi connectivity index (χ2n) is 11.8. The molecule has 0 fully saturated rings. The van der Waals surface area contributed by atoms with Crippen molar-refractivity contribution in [1.29, 1.82) is 0 Å². The van der Waals surface area contributed by atoms with Crippen LogP contribution in [-0.2, 0) is 6.42 Å². The van der Waals surface area contributed by atoms with Crippen molar-refractivity contribution in [2.45, 2.75) is 54.4 Å². The van der Waals surface area contributed by atoms with Crippen molar-refractivity contribution in [3.63, 3.8) is 0 Å². The normalized spacial score (nSPS) is 14.7. The SMILES string of the molecule is C/C=C\C.C=CC.CC.CC1C=CC=C(c2cnc(-n3c4c(c5ccc6c7ccccc7n(-c7ccccc7)c6c53)C=CCC4)nc2)C=C1. The molecule has 49 heavy (non-hydrogen) atoms. The first-order chi connectivity index (χ1) is 24.1. The third-order valence-corrected chi connectivity index (χ3v) is 8.53. The maximum Gasteiger partial charge on any atom is 0.234 e. The number of para-hydroxylation sites is 2. The molecule has 0 N–H and O–H groups in total. The predicted molar refractivity (Wildman–Crippen MR) is 214 cm³/mol. The van der Waals surface area contributed by atoms with E-state index < -0.39 is 0 Å². The Morgan fingerprint density at radius 2 is 1.41 bits per heavy atom. The highest BCUT2D eigenvalue weighted by molar-refractivity contribution is 6.19. The molecule has 3 aromatic carbocycles. The average Bonchev–Trinajstić information content (AvgIpc) is 3.58. The van der Waals surface area contributed by atoms with Gasteiger partial charge in [-0.1, -0.05) is 130 Å². The smallest absolute Gasteiger partial charge is 0.234 e. The molecule has 8 rings (SSSR count). The molecule has 248 valence electrons. The zero-order valence-electron chi connectivity index (χ0n) is 29.8. The van der Waals surface area contributed by atoms with E-state index in [1.165, 1.54) is 38.4 Å². The van der Waals surface area contributed by atoms with Gasteiger partial charge in [0.05, 0.1) is 16.6 Å². The van der Waals surface area contributed by atoms with Gasteiger partial charge in [-0.05, 0) is 63.3 Å². The van der Waals surface area contributed by atoms with Crippen LogP contribution in [0.3, 0.4) is 0 Å². The number of fused-ring (bicyclic) bond motifs is 7. The van der Waals surface area contributed by atoms with Gasteiger partial charge >= 0.3 is 0 Å². The van der Waals surface area contributed by atoms with Crippen LogP contribution in [0, 0.1) is 5.92 Å². The van der Waals surface area contributed by atoms with Crippen LogP contribution >= 0.6 is 0 Å². The Morgan fingerprint density at radius 1 is 0.755 bits per heavy atom. The Labute approximate surface area is 291 Å². The first kappa shape index (κ1) is 34.8. The van der Waals surface area contributed by atoms with Crippen LogP contribution in [0.15, 0.2) is 140 Å². The fourth-order valence-corrected chi connectivity index (χ4v) is 6.30. The summed E-state index contributed by atoms with van der Waals surface area (Å²) < 4.78 is 4.72. The van der Waals surface area contributed by atoms with E-state index in [1.54, 1.807) is 6.08 Å². The lowest BCUT2D eigenvalue weighted by Crippen LogP contribution is -2.08. The fraction of sp³-hybridized carbons (Fsp3) is 0.200. The van der Waals surface area contributed by atoms with Gasteiger partial charge in [0.15, 0.2) is 0 Å². The van der Waals surface area contributed by atoms with Crippen LogP contribution in [0.5, 0.6) is 0 Å². The van der Waals surface area contributed by atoms with E-state index in [0.717, 1.165) is 35.2 Å². The first-order valence-corrected chi connectivity index (χ1v) is 17.5. The third-order valence-electron chi connectivity index (χ3n) is 8.53. The second-order valence-corrected chi connectivity index (χ2v) is 11.8. The van der Waals surface area contributed by atoms with Gasteiger partial charge in [-0.2, -0.15) is 0 Å². The Kier molecular flexibility index (Phi) is 11.8. The van der Waals surface area contributed by atoms with Gasteiger partial charge < -0.3 is 4.57 Å². The first-order valence-electron chi connectivity index (χ1n) is 17.5. The Bertz CT molecular complexity index is 2180. The third kappa shape index (κ3) is 7.05. The molecule has 6 aromatic rings. The van der Waals surface area contributed by atoms with E-state index >= 15 is 0 Å². The molecule has 2 aliphatic rings. The molecule has 3 aromatic heterocycles. The van der Waals surface area contributed by atoms with Crippen molar-refractivity contribution in [1.82, 2.24) is 19.1 Å². The Hall–Kier alpha value is -5.48. The zero-order valence-corrected chi connectivity index (χ0v) is 29.8. The molecule has 4 nitrogen and oxygen atoms in total. The lowest BCUT2D eigenvalue weighted by Gasteiger charge is -2.14. The van der Waals surface area contributed by atoms with Crippen LogP contribution in [0.2, 0.25) is 0 Å². The highest BCUT2D eigenvalue weighted by atomic mass is 15.2. The minimum atomic E-state index is 0.415. The minimum Gasteiger partial charge on any atom is -0.307 e. The predicted octanol–water partition coefficient (Wildman–Crippen LogP) is 12.4. The summed E-state index contributed by atoms with van der Waals surface area (Å²) in [5.41, 5.74) is 9.38. The van der Waals surface area contributed by atoms with E-state index in [9.17, 15) is 0 Å². The summed E-state index contributed by atoms with van der Waals surface area (Å²) in [4.78, 5) is 9.97. The van der Waals surface area contributed by atoms with Gasteiger partial charge in [0.25, 0.3) is 0 Å². The van der Waals surface area contributed by atoms with Crippen LogP contribution in [0.1, 0.15) is 64.8 Å². The standard InChI is InChI=1S/C36H28N4.C4H8.C3H6.C2H6/c1-24-10-9-11-25(19-18-24)26-22-37-36(38-23-26)40-33-17-8-6-15-29(33)31-21-20-30-28-14-5-7-16-32(28)39(34(30)35(31)40)27-12-3-2-4-13-27;1-3-4-2;1-3-2;1-2/h2-7,9-16,18-24H,8,17H2,1H3;3-4H,1-2H3;3H,1H2,2H3;1-2H3/b;4-3-;;. The van der Waals surface area contributed by atoms with E-state index in [1.807, 2.05) is 59.2 Å². The maximum atomic E-state index is 4.99. The maximum absolute atomic E-state index is 4.99. The highest BCUT2D eigenvalue weighted by Gasteiger charge is 2.25. The molecule has 4 heteroatoms. The molecule has 2 aliphatic carbocycles. The zero-order chi connectivity index (χ0) is 34.8. The fourth-order valence-electron chi connectivity index (χ4n) is 6.30. The lowest BCUT2D eigenvalue weighted by atomic mass is 10.0. The summed E-state index contributed by atoms with van der Waals surface area (Å²) in [7, 11) is 0. The van der Waals surface area contributed by atoms with Crippen molar-refractivity contribution >= 4 is 44.4 Å². The molecule has 0 radical (unpaired) electrons. The van der Waals surface area contributed by atoms with Crippen molar-refractivity contribution in [3.8, 4) is 11.6 Å². The number of aromatic nitrogens is 4. The summed E-state index contributed by atoms with van der Waals surface area (Å²) in [6.07, 6.45) is 27.0. The van der Waals surface area contributed by atoms with Gasteiger partial charge in [-0.25, -0.2) is 9.97 Å². The molecular weight excluding hydrogens is 597 g/mol. The van der Waals surface area contributed by atoms with E-state index in [4.69, 9.17) is 9.97 Å². The molecule has 0 spiro atoms. The Balaban J connectivity index is 0.000000473. The van der Waals surface area contributed by atoms with E-state index in [2.05, 4.69) is 132 Å². The average molecular weight is 645 g/mol. The molecule has 1 atom stereocenters. The second kappa shape index (κ2) is 16.6. The molecule has 0 bridgehead atoms. The molecule has 3 heterocycles. The summed E-state index contributed by atoms with van der Waals surface area (Å²) in [6.45, 7) is 15.4.